The van der Waals surface area contributed by atoms with Crippen molar-refractivity contribution in [1.82, 2.24) is 15.2 Å². The molecule has 5 nitrogen and oxygen atoms in total. The van der Waals surface area contributed by atoms with Crippen LogP contribution in [0, 0.1) is 5.92 Å². The van der Waals surface area contributed by atoms with E-state index >= 15 is 0 Å². The van der Waals surface area contributed by atoms with Gasteiger partial charge in [-0.05, 0) is 25.0 Å². The highest BCUT2D eigenvalue weighted by atomic mass is 32.1. The first-order valence-electron chi connectivity index (χ1n) is 6.50. The molecule has 0 radical (unpaired) electrons. The quantitative estimate of drug-likeness (QED) is 0.776. The van der Waals surface area contributed by atoms with Crippen molar-refractivity contribution < 1.29 is 4.79 Å². The first kappa shape index (κ1) is 11.6. The Morgan fingerprint density at radius 2 is 2.35 bits per heavy atom. The van der Waals surface area contributed by atoms with Crippen molar-refractivity contribution >= 4 is 33.3 Å². The van der Waals surface area contributed by atoms with Crippen LogP contribution in [0.2, 0.25) is 0 Å². The Bertz CT molecular complexity index is 773. The van der Waals surface area contributed by atoms with E-state index in [1.165, 1.54) is 0 Å². The molecule has 0 spiro atoms. The topological polar surface area (TPSA) is 70.7 Å². The van der Waals surface area contributed by atoms with Gasteiger partial charge in [0, 0.05) is 28.8 Å². The van der Waals surface area contributed by atoms with Crippen molar-refractivity contribution in [2.75, 3.05) is 5.32 Å². The molecule has 1 fully saturated rings. The van der Waals surface area contributed by atoms with Crippen LogP contribution in [0.15, 0.2) is 30.6 Å². The molecule has 3 aromatic rings. The van der Waals surface area contributed by atoms with Crippen LogP contribution < -0.4 is 5.32 Å². The zero-order chi connectivity index (χ0) is 13.5. The maximum atomic E-state index is 11.8. The lowest BCUT2D eigenvalue weighted by Crippen LogP contribution is -2.13. The summed E-state index contributed by atoms with van der Waals surface area (Å²) in [5.41, 5.74) is 2.02. The van der Waals surface area contributed by atoms with Gasteiger partial charge in [0.1, 0.15) is 0 Å². The summed E-state index contributed by atoms with van der Waals surface area (Å²) >= 11 is 1.61. The third-order valence-corrected chi connectivity index (χ3v) is 4.56. The fourth-order valence-corrected chi connectivity index (χ4v) is 3.16. The molecule has 0 unspecified atom stereocenters. The van der Waals surface area contributed by atoms with Crippen molar-refractivity contribution in [3.05, 3.63) is 30.6 Å². The molecule has 0 atom stereocenters. The van der Waals surface area contributed by atoms with Gasteiger partial charge in [-0.2, -0.15) is 5.10 Å². The van der Waals surface area contributed by atoms with E-state index in [0.29, 0.717) is 5.82 Å². The van der Waals surface area contributed by atoms with Crippen LogP contribution in [0.25, 0.3) is 20.7 Å². The standard InChI is InChI=1S/C14H12N4OS/c19-14(8-3-4-8)16-13-12-10(17-18-13)6-11(20-12)9-2-1-5-15-7-9/h1-2,5-8H,3-4H2,(H2,16,17,18,19). The number of thiophene rings is 1. The Morgan fingerprint density at radius 1 is 1.45 bits per heavy atom. The van der Waals surface area contributed by atoms with Gasteiger partial charge in [0.25, 0.3) is 0 Å². The second-order valence-corrected chi connectivity index (χ2v) is 5.98. The first-order valence-corrected chi connectivity index (χ1v) is 7.32. The molecule has 6 heteroatoms. The maximum Gasteiger partial charge on any atom is 0.228 e. The summed E-state index contributed by atoms with van der Waals surface area (Å²) in [5, 5.41) is 10.1. The van der Waals surface area contributed by atoms with E-state index in [1.54, 1.807) is 17.5 Å². The summed E-state index contributed by atoms with van der Waals surface area (Å²) in [6.45, 7) is 0. The highest BCUT2D eigenvalue weighted by molar-refractivity contribution is 7.22. The van der Waals surface area contributed by atoms with Crippen molar-refractivity contribution in [2.45, 2.75) is 12.8 Å². The minimum atomic E-state index is 0.0785. The third kappa shape index (κ3) is 1.98. The van der Waals surface area contributed by atoms with Crippen molar-refractivity contribution in [2.24, 2.45) is 5.92 Å². The van der Waals surface area contributed by atoms with Crippen molar-refractivity contribution in [1.29, 1.82) is 0 Å². The second kappa shape index (κ2) is 4.42. The zero-order valence-electron chi connectivity index (χ0n) is 10.6. The number of hydrogen-bond donors (Lipinski definition) is 2. The number of anilines is 1. The van der Waals surface area contributed by atoms with Crippen LogP contribution in [-0.4, -0.2) is 21.1 Å². The number of H-pyrrole nitrogens is 1. The highest BCUT2D eigenvalue weighted by Gasteiger charge is 2.30. The van der Waals surface area contributed by atoms with E-state index in [2.05, 4.69) is 20.5 Å². The number of nitrogens with zero attached hydrogens (tertiary/aromatic N) is 2. The SMILES string of the molecule is O=C(Nc1n[nH]c2cc(-c3cccnc3)sc12)C1CC1. The Labute approximate surface area is 119 Å². The number of pyridine rings is 1. The molecular formula is C14H12N4OS. The molecule has 20 heavy (non-hydrogen) atoms. The highest BCUT2D eigenvalue weighted by Crippen LogP contribution is 2.37. The number of aromatic nitrogens is 3. The average Bonchev–Trinajstić information content (AvgIpc) is 3.14. The fourth-order valence-electron chi connectivity index (χ4n) is 2.12. The minimum Gasteiger partial charge on any atom is -0.308 e. The Morgan fingerprint density at radius 3 is 3.10 bits per heavy atom. The molecule has 1 aliphatic carbocycles. The molecule has 1 saturated carbocycles. The van der Waals surface area contributed by atoms with E-state index < -0.39 is 0 Å². The Balaban J connectivity index is 1.69. The lowest BCUT2D eigenvalue weighted by atomic mass is 10.2. The van der Waals surface area contributed by atoms with Crippen LogP contribution in [0.5, 0.6) is 0 Å². The van der Waals surface area contributed by atoms with E-state index in [-0.39, 0.29) is 11.8 Å². The van der Waals surface area contributed by atoms with Gasteiger partial charge in [0.15, 0.2) is 5.82 Å². The first-order chi connectivity index (χ1) is 9.81. The van der Waals surface area contributed by atoms with Gasteiger partial charge < -0.3 is 5.32 Å². The van der Waals surface area contributed by atoms with Crippen molar-refractivity contribution in [3.8, 4) is 10.4 Å². The van der Waals surface area contributed by atoms with Crippen LogP contribution in [0.4, 0.5) is 5.82 Å². The number of carbonyl (C=O) groups excluding carboxylic acids is 1. The molecule has 0 saturated heterocycles. The second-order valence-electron chi connectivity index (χ2n) is 4.93. The molecule has 2 N–H and O–H groups in total. The molecule has 3 aromatic heterocycles. The summed E-state index contributed by atoms with van der Waals surface area (Å²) in [5.74, 6) is 0.895. The van der Waals surface area contributed by atoms with Crippen LogP contribution in [0.1, 0.15) is 12.8 Å². The molecule has 4 rings (SSSR count). The lowest BCUT2D eigenvalue weighted by Gasteiger charge is -1.98. The van der Waals surface area contributed by atoms with E-state index in [0.717, 1.165) is 33.5 Å². The predicted octanol–water partition coefficient (Wildman–Crippen LogP) is 3.03. The average molecular weight is 284 g/mol. The number of amides is 1. The third-order valence-electron chi connectivity index (χ3n) is 3.37. The van der Waals surface area contributed by atoms with Gasteiger partial charge in [-0.15, -0.1) is 11.3 Å². The molecule has 1 aliphatic rings. The number of nitrogens with one attached hydrogen (secondary N) is 2. The van der Waals surface area contributed by atoms with Crippen LogP contribution in [-0.2, 0) is 4.79 Å². The molecule has 0 aromatic carbocycles. The summed E-state index contributed by atoms with van der Waals surface area (Å²) in [6, 6.07) is 5.97. The molecule has 3 heterocycles. The number of fused-ring (bicyclic) bond motifs is 1. The normalized spacial score (nSPS) is 14.6. The zero-order valence-corrected chi connectivity index (χ0v) is 11.4. The lowest BCUT2D eigenvalue weighted by molar-refractivity contribution is -0.117. The van der Waals surface area contributed by atoms with E-state index in [4.69, 9.17) is 0 Å². The summed E-state index contributed by atoms with van der Waals surface area (Å²) in [7, 11) is 0. The Kier molecular flexibility index (Phi) is 2.56. The van der Waals surface area contributed by atoms with E-state index in [1.807, 2.05) is 24.4 Å². The monoisotopic (exact) mass is 284 g/mol. The fraction of sp³-hybridized carbons (Fsp3) is 0.214. The van der Waals surface area contributed by atoms with Gasteiger partial charge in [-0.25, -0.2) is 0 Å². The van der Waals surface area contributed by atoms with Crippen molar-refractivity contribution in [3.63, 3.8) is 0 Å². The van der Waals surface area contributed by atoms with Crippen LogP contribution in [0.3, 0.4) is 0 Å². The van der Waals surface area contributed by atoms with Gasteiger partial charge in [0.2, 0.25) is 5.91 Å². The smallest absolute Gasteiger partial charge is 0.228 e. The molecule has 100 valence electrons. The molecular weight excluding hydrogens is 272 g/mol. The number of rotatable bonds is 3. The summed E-state index contributed by atoms with van der Waals surface area (Å²) in [6.07, 6.45) is 5.57. The Hall–Kier alpha value is -2.21. The molecule has 0 bridgehead atoms. The minimum absolute atomic E-state index is 0.0785. The largest absolute Gasteiger partial charge is 0.308 e. The molecule has 1 amide bonds. The predicted molar refractivity (Wildman–Crippen MR) is 78.6 cm³/mol. The van der Waals surface area contributed by atoms with E-state index in [9.17, 15) is 4.79 Å². The van der Waals surface area contributed by atoms with Gasteiger partial charge >= 0.3 is 0 Å². The molecule has 0 aliphatic heterocycles. The maximum absolute atomic E-state index is 11.8. The van der Waals surface area contributed by atoms with Crippen LogP contribution >= 0.6 is 11.3 Å². The van der Waals surface area contributed by atoms with Gasteiger partial charge in [0.05, 0.1) is 10.2 Å². The number of aromatic amines is 1. The summed E-state index contributed by atoms with van der Waals surface area (Å²) in [4.78, 5) is 17.1. The van der Waals surface area contributed by atoms with Gasteiger partial charge in [-0.1, -0.05) is 6.07 Å². The summed E-state index contributed by atoms with van der Waals surface area (Å²) < 4.78 is 0.984. The number of carbonyl (C=O) groups is 1. The number of hydrogen-bond acceptors (Lipinski definition) is 4. The van der Waals surface area contributed by atoms with Gasteiger partial charge in [-0.3, -0.25) is 14.9 Å².